The number of benzene rings is 2. The molecule has 2 aromatic rings. The van der Waals surface area contributed by atoms with E-state index in [4.69, 9.17) is 4.74 Å². The molecule has 2 fully saturated rings. The number of hydrogen-bond acceptors (Lipinski definition) is 8. The molecule has 0 radical (unpaired) electrons. The third-order valence-electron chi connectivity index (χ3n) is 7.40. The number of carbonyl (C=O) groups excluding carboxylic acids is 5. The van der Waals surface area contributed by atoms with Gasteiger partial charge in [-0.1, -0.05) is 30.3 Å². The Balaban J connectivity index is 1.16. The number of nitrogens with one attached hydrogen (secondary N) is 2. The lowest BCUT2D eigenvalue weighted by Crippen LogP contribution is -2.54. The molecule has 5 amide bonds. The normalized spacial score (nSPS) is 19.7. The first kappa shape index (κ1) is 28.3. The molecule has 2 N–H and O–H groups in total. The highest BCUT2D eigenvalue weighted by atomic mass is 16.6. The van der Waals surface area contributed by atoms with Gasteiger partial charge in [0.05, 0.1) is 11.1 Å². The molecule has 11 nitrogen and oxygen atoms in total. The summed E-state index contributed by atoms with van der Waals surface area (Å²) in [6, 6.07) is 12.2. The molecule has 41 heavy (non-hydrogen) atoms. The Hall–Kier alpha value is -4.25. The van der Waals surface area contributed by atoms with Gasteiger partial charge in [-0.05, 0) is 50.5 Å². The third-order valence-corrected chi connectivity index (χ3v) is 7.40. The molecule has 1 atom stereocenters. The van der Waals surface area contributed by atoms with E-state index in [-0.39, 0.29) is 30.1 Å². The predicted molar refractivity (Wildman–Crippen MR) is 150 cm³/mol. The topological polar surface area (TPSA) is 128 Å². The number of piperidine rings is 1. The molecule has 0 bridgehead atoms. The molecular weight excluding hydrogens is 526 g/mol. The second-order valence-electron chi connectivity index (χ2n) is 11.6. The number of anilines is 1. The van der Waals surface area contributed by atoms with Crippen LogP contribution in [0.15, 0.2) is 42.5 Å². The van der Waals surface area contributed by atoms with Crippen LogP contribution in [0.1, 0.15) is 65.5 Å². The van der Waals surface area contributed by atoms with E-state index in [0.29, 0.717) is 25.3 Å². The maximum absolute atomic E-state index is 13.3. The Bertz CT molecular complexity index is 1370. The van der Waals surface area contributed by atoms with E-state index in [1.54, 1.807) is 23.1 Å². The third kappa shape index (κ3) is 6.25. The van der Waals surface area contributed by atoms with E-state index < -0.39 is 35.3 Å². The summed E-state index contributed by atoms with van der Waals surface area (Å²) < 4.78 is 5.47. The van der Waals surface area contributed by atoms with Crippen LogP contribution in [0.25, 0.3) is 0 Å². The first-order chi connectivity index (χ1) is 19.5. The number of amides is 5. The maximum atomic E-state index is 13.3. The van der Waals surface area contributed by atoms with Gasteiger partial charge in [-0.3, -0.25) is 34.3 Å². The van der Waals surface area contributed by atoms with E-state index in [0.717, 1.165) is 35.7 Å². The van der Waals surface area contributed by atoms with Gasteiger partial charge in [0.25, 0.3) is 11.8 Å². The quantitative estimate of drug-likeness (QED) is 0.516. The minimum absolute atomic E-state index is 0.0766. The monoisotopic (exact) mass is 561 g/mol. The van der Waals surface area contributed by atoms with Gasteiger partial charge in [-0.25, -0.2) is 4.79 Å². The zero-order valence-electron chi connectivity index (χ0n) is 23.6. The fourth-order valence-corrected chi connectivity index (χ4v) is 5.30. The molecule has 11 heteroatoms. The van der Waals surface area contributed by atoms with E-state index in [1.165, 1.54) is 0 Å². The number of imide groups is 2. The molecule has 0 aromatic heterocycles. The smallest absolute Gasteiger partial charge is 0.410 e. The van der Waals surface area contributed by atoms with Gasteiger partial charge in [0.2, 0.25) is 11.8 Å². The van der Waals surface area contributed by atoms with Crippen molar-refractivity contribution >= 4 is 35.4 Å². The van der Waals surface area contributed by atoms with Gasteiger partial charge in [-0.15, -0.1) is 0 Å². The number of piperazine rings is 1. The van der Waals surface area contributed by atoms with Gasteiger partial charge < -0.3 is 15.0 Å². The highest BCUT2D eigenvalue weighted by Crippen LogP contribution is 2.32. The molecule has 0 aliphatic carbocycles. The van der Waals surface area contributed by atoms with Crippen molar-refractivity contribution in [1.82, 2.24) is 20.0 Å². The predicted octanol–water partition coefficient (Wildman–Crippen LogP) is 2.75. The van der Waals surface area contributed by atoms with Crippen molar-refractivity contribution in [2.45, 2.75) is 58.3 Å². The van der Waals surface area contributed by atoms with Crippen LogP contribution in [0.4, 0.5) is 10.5 Å². The molecule has 3 heterocycles. The van der Waals surface area contributed by atoms with Crippen LogP contribution >= 0.6 is 0 Å². The fourth-order valence-electron chi connectivity index (χ4n) is 5.30. The summed E-state index contributed by atoms with van der Waals surface area (Å²) in [6.07, 6.45) is -0.0782. The summed E-state index contributed by atoms with van der Waals surface area (Å²) in [5.41, 5.74) is 2.65. The van der Waals surface area contributed by atoms with Crippen LogP contribution in [0.2, 0.25) is 0 Å². The van der Waals surface area contributed by atoms with Crippen LogP contribution in [0, 0.1) is 0 Å². The first-order valence-electron chi connectivity index (χ1n) is 13.9. The summed E-state index contributed by atoms with van der Waals surface area (Å²) in [5, 5.41) is 5.49. The summed E-state index contributed by atoms with van der Waals surface area (Å²) in [5.74, 6) is -2.10. The second-order valence-corrected chi connectivity index (χ2v) is 11.6. The Morgan fingerprint density at radius 2 is 1.63 bits per heavy atom. The van der Waals surface area contributed by atoms with Gasteiger partial charge in [0.1, 0.15) is 11.6 Å². The van der Waals surface area contributed by atoms with Crippen molar-refractivity contribution in [1.29, 1.82) is 0 Å². The fraction of sp³-hybridized carbons (Fsp3) is 0.433. The lowest BCUT2D eigenvalue weighted by Gasteiger charge is -2.35. The summed E-state index contributed by atoms with van der Waals surface area (Å²) >= 11 is 0. The molecule has 3 aliphatic rings. The van der Waals surface area contributed by atoms with E-state index in [2.05, 4.69) is 27.7 Å². The lowest BCUT2D eigenvalue weighted by atomic mass is 10.0. The SMILES string of the molecule is CC(C)(C)OC(=O)N1CCN(Cc2ccc(CNc3cccc4c3C(=O)N(C3CCC(=O)NC3=O)C4=O)cc2)CC1. The first-order valence-corrected chi connectivity index (χ1v) is 13.9. The van der Waals surface area contributed by atoms with E-state index in [9.17, 15) is 24.0 Å². The zero-order valence-corrected chi connectivity index (χ0v) is 23.6. The standard InChI is InChI=1S/C30H35N5O6/c1-30(2,3)41-29(40)34-15-13-33(14-16-34)18-20-9-7-19(8-10-20)17-31-22-6-4-5-21-25(22)28(39)35(27(21)38)23-11-12-24(36)32-26(23)37/h4-10,23,31H,11-18H2,1-3H3,(H,32,36,37). The zero-order chi connectivity index (χ0) is 29.3. The molecule has 5 rings (SSSR count). The number of rotatable bonds is 6. The Labute approximate surface area is 238 Å². The highest BCUT2D eigenvalue weighted by Gasteiger charge is 2.45. The Morgan fingerprint density at radius 3 is 2.29 bits per heavy atom. The van der Waals surface area contributed by atoms with Crippen LogP contribution in [0.3, 0.4) is 0 Å². The Kier molecular flexibility index (Phi) is 7.81. The number of nitrogens with zero attached hydrogens (tertiary/aromatic N) is 3. The maximum Gasteiger partial charge on any atom is 0.410 e. The number of ether oxygens (including phenoxy) is 1. The Morgan fingerprint density at radius 1 is 0.951 bits per heavy atom. The summed E-state index contributed by atoms with van der Waals surface area (Å²) in [6.45, 7) is 9.59. The van der Waals surface area contributed by atoms with Crippen LogP contribution in [-0.2, 0) is 27.4 Å². The van der Waals surface area contributed by atoms with Crippen LogP contribution < -0.4 is 10.6 Å². The molecule has 3 aliphatic heterocycles. The molecular formula is C30H35N5O6. The molecule has 0 saturated carbocycles. The molecule has 216 valence electrons. The lowest BCUT2D eigenvalue weighted by molar-refractivity contribution is -0.136. The van der Waals surface area contributed by atoms with Gasteiger partial charge >= 0.3 is 6.09 Å². The number of carbonyl (C=O) groups is 5. The molecule has 0 spiro atoms. The van der Waals surface area contributed by atoms with Crippen molar-refractivity contribution in [2.75, 3.05) is 31.5 Å². The largest absolute Gasteiger partial charge is 0.444 e. The van der Waals surface area contributed by atoms with Crippen molar-refractivity contribution in [3.05, 3.63) is 64.7 Å². The molecule has 2 saturated heterocycles. The average molecular weight is 562 g/mol. The number of fused-ring (bicyclic) bond motifs is 1. The van der Waals surface area contributed by atoms with Crippen molar-refractivity contribution < 1.29 is 28.7 Å². The molecule has 2 aromatic carbocycles. The van der Waals surface area contributed by atoms with Crippen molar-refractivity contribution in [2.24, 2.45) is 0 Å². The minimum Gasteiger partial charge on any atom is -0.444 e. The minimum atomic E-state index is -0.999. The van der Waals surface area contributed by atoms with E-state index in [1.807, 2.05) is 32.9 Å². The van der Waals surface area contributed by atoms with Gasteiger partial charge in [0, 0.05) is 51.4 Å². The number of hydrogen-bond donors (Lipinski definition) is 2. The van der Waals surface area contributed by atoms with Gasteiger partial charge in [-0.2, -0.15) is 0 Å². The van der Waals surface area contributed by atoms with Gasteiger partial charge in [0.15, 0.2) is 0 Å². The summed E-state index contributed by atoms with van der Waals surface area (Å²) in [7, 11) is 0. The molecule has 1 unspecified atom stereocenters. The summed E-state index contributed by atoms with van der Waals surface area (Å²) in [4.78, 5) is 67.5. The average Bonchev–Trinajstić information content (AvgIpc) is 3.18. The van der Waals surface area contributed by atoms with Crippen molar-refractivity contribution in [3.8, 4) is 0 Å². The van der Waals surface area contributed by atoms with Crippen LogP contribution in [-0.4, -0.2) is 82.2 Å². The highest BCUT2D eigenvalue weighted by molar-refractivity contribution is 6.25. The van der Waals surface area contributed by atoms with E-state index >= 15 is 0 Å². The van der Waals surface area contributed by atoms with Crippen LogP contribution in [0.5, 0.6) is 0 Å². The van der Waals surface area contributed by atoms with Crippen molar-refractivity contribution in [3.63, 3.8) is 0 Å². The second kappa shape index (κ2) is 11.3.